The maximum atomic E-state index is 11.1. The van der Waals surface area contributed by atoms with Crippen LogP contribution >= 0.6 is 0 Å². The van der Waals surface area contributed by atoms with Crippen molar-refractivity contribution in [1.29, 1.82) is 0 Å². The first-order chi connectivity index (χ1) is 8.54. The van der Waals surface area contributed by atoms with Gasteiger partial charge in [-0.1, -0.05) is 26.0 Å². The molecular formula is C15H24N2O. The molecule has 1 aromatic carbocycles. The van der Waals surface area contributed by atoms with E-state index in [2.05, 4.69) is 43.0 Å². The zero-order valence-corrected chi connectivity index (χ0v) is 11.6. The highest BCUT2D eigenvalue weighted by Crippen LogP contribution is 2.17. The smallest absolute Gasteiger partial charge is 0.220 e. The molecule has 0 saturated heterocycles. The van der Waals surface area contributed by atoms with Gasteiger partial charge in [0.25, 0.3) is 0 Å². The number of rotatable bonds is 7. The second-order valence-electron chi connectivity index (χ2n) is 4.92. The molecule has 18 heavy (non-hydrogen) atoms. The van der Waals surface area contributed by atoms with Gasteiger partial charge in [-0.3, -0.25) is 4.79 Å². The minimum Gasteiger partial charge on any atom is -0.372 e. The number of hydrogen-bond acceptors (Lipinski definition) is 2. The molecule has 1 unspecified atom stereocenters. The number of amides is 1. The van der Waals surface area contributed by atoms with Gasteiger partial charge in [0.05, 0.1) is 0 Å². The van der Waals surface area contributed by atoms with E-state index in [1.807, 2.05) is 6.92 Å². The first kappa shape index (κ1) is 14.6. The van der Waals surface area contributed by atoms with Crippen LogP contribution in [0.5, 0.6) is 0 Å². The standard InChI is InChI=1S/C15H24N2O/c1-4-9-17(10-8-13(3)15(16)18)14-7-5-6-12(2)11-14/h5-7,11,13H,4,8-10H2,1-3H3,(H2,16,18). The van der Waals surface area contributed by atoms with E-state index in [4.69, 9.17) is 5.73 Å². The van der Waals surface area contributed by atoms with Crippen LogP contribution in [-0.2, 0) is 4.79 Å². The molecule has 0 heterocycles. The second kappa shape index (κ2) is 7.04. The molecule has 0 aliphatic rings. The summed E-state index contributed by atoms with van der Waals surface area (Å²) in [6.07, 6.45) is 1.90. The van der Waals surface area contributed by atoms with E-state index >= 15 is 0 Å². The Kier molecular flexibility index (Phi) is 5.69. The van der Waals surface area contributed by atoms with Gasteiger partial charge in [0.15, 0.2) is 0 Å². The lowest BCUT2D eigenvalue weighted by atomic mass is 10.1. The van der Waals surface area contributed by atoms with E-state index in [9.17, 15) is 4.79 Å². The molecule has 1 amide bonds. The molecule has 0 aromatic heterocycles. The number of benzene rings is 1. The third-order valence-electron chi connectivity index (χ3n) is 3.18. The SMILES string of the molecule is CCCN(CCC(C)C(N)=O)c1cccc(C)c1. The monoisotopic (exact) mass is 248 g/mol. The number of carbonyl (C=O) groups excluding carboxylic acids is 1. The predicted molar refractivity (Wildman–Crippen MR) is 76.7 cm³/mol. The lowest BCUT2D eigenvalue weighted by Gasteiger charge is -2.25. The molecule has 1 atom stereocenters. The number of aryl methyl sites for hydroxylation is 1. The molecule has 1 aromatic rings. The number of anilines is 1. The van der Waals surface area contributed by atoms with E-state index < -0.39 is 0 Å². The van der Waals surface area contributed by atoms with Crippen molar-refractivity contribution in [1.82, 2.24) is 0 Å². The van der Waals surface area contributed by atoms with Crippen LogP contribution in [0.3, 0.4) is 0 Å². The molecule has 0 radical (unpaired) electrons. The number of nitrogens with two attached hydrogens (primary N) is 1. The molecule has 0 aliphatic heterocycles. The molecule has 2 N–H and O–H groups in total. The molecule has 0 bridgehead atoms. The van der Waals surface area contributed by atoms with E-state index in [0.717, 1.165) is 25.9 Å². The van der Waals surface area contributed by atoms with Crippen molar-refractivity contribution in [2.45, 2.75) is 33.6 Å². The van der Waals surface area contributed by atoms with Gasteiger partial charge in [0.1, 0.15) is 0 Å². The van der Waals surface area contributed by atoms with Crippen LogP contribution in [0.2, 0.25) is 0 Å². The van der Waals surface area contributed by atoms with Gasteiger partial charge in [0.2, 0.25) is 5.91 Å². The Morgan fingerprint density at radius 2 is 2.11 bits per heavy atom. The molecule has 0 fully saturated rings. The largest absolute Gasteiger partial charge is 0.372 e. The molecule has 3 nitrogen and oxygen atoms in total. The first-order valence-electron chi connectivity index (χ1n) is 6.65. The summed E-state index contributed by atoms with van der Waals surface area (Å²) >= 11 is 0. The van der Waals surface area contributed by atoms with Crippen LogP contribution in [0.4, 0.5) is 5.69 Å². The van der Waals surface area contributed by atoms with Gasteiger partial charge < -0.3 is 10.6 Å². The Labute approximate surface area is 110 Å². The second-order valence-corrected chi connectivity index (χ2v) is 4.92. The van der Waals surface area contributed by atoms with Crippen molar-refractivity contribution in [3.8, 4) is 0 Å². The van der Waals surface area contributed by atoms with E-state index in [-0.39, 0.29) is 11.8 Å². The molecule has 100 valence electrons. The number of nitrogens with zero attached hydrogens (tertiary/aromatic N) is 1. The van der Waals surface area contributed by atoms with Crippen LogP contribution in [0.1, 0.15) is 32.3 Å². The molecule has 1 rings (SSSR count). The van der Waals surface area contributed by atoms with Crippen molar-refractivity contribution in [2.75, 3.05) is 18.0 Å². The van der Waals surface area contributed by atoms with Crippen LogP contribution in [0.15, 0.2) is 24.3 Å². The van der Waals surface area contributed by atoms with Gasteiger partial charge >= 0.3 is 0 Å². The summed E-state index contributed by atoms with van der Waals surface area (Å²) in [7, 11) is 0. The van der Waals surface area contributed by atoms with Crippen LogP contribution < -0.4 is 10.6 Å². The molecule has 0 spiro atoms. The maximum Gasteiger partial charge on any atom is 0.220 e. The highest BCUT2D eigenvalue weighted by molar-refractivity contribution is 5.76. The summed E-state index contributed by atoms with van der Waals surface area (Å²) < 4.78 is 0. The van der Waals surface area contributed by atoms with E-state index in [1.54, 1.807) is 0 Å². The summed E-state index contributed by atoms with van der Waals surface area (Å²) in [5.41, 5.74) is 7.79. The average molecular weight is 248 g/mol. The van der Waals surface area contributed by atoms with Gasteiger partial charge in [-0.15, -0.1) is 0 Å². The van der Waals surface area contributed by atoms with Gasteiger partial charge in [-0.2, -0.15) is 0 Å². The van der Waals surface area contributed by atoms with E-state index in [0.29, 0.717) is 0 Å². The molecule has 3 heteroatoms. The first-order valence-corrected chi connectivity index (χ1v) is 6.65. The van der Waals surface area contributed by atoms with Gasteiger partial charge in [-0.05, 0) is 37.5 Å². The van der Waals surface area contributed by atoms with Crippen LogP contribution in [0.25, 0.3) is 0 Å². The van der Waals surface area contributed by atoms with Crippen molar-refractivity contribution < 1.29 is 4.79 Å². The lowest BCUT2D eigenvalue weighted by Crippen LogP contribution is -2.29. The zero-order chi connectivity index (χ0) is 13.5. The lowest BCUT2D eigenvalue weighted by molar-refractivity contribution is -0.121. The number of primary amides is 1. The Morgan fingerprint density at radius 1 is 1.39 bits per heavy atom. The normalized spacial score (nSPS) is 12.2. The number of carbonyl (C=O) groups is 1. The predicted octanol–water partition coefficient (Wildman–Crippen LogP) is 2.72. The zero-order valence-electron chi connectivity index (χ0n) is 11.6. The quantitative estimate of drug-likeness (QED) is 0.806. The third kappa shape index (κ3) is 4.40. The van der Waals surface area contributed by atoms with E-state index in [1.165, 1.54) is 11.3 Å². The Hall–Kier alpha value is -1.51. The molecular weight excluding hydrogens is 224 g/mol. The van der Waals surface area contributed by atoms with Crippen molar-refractivity contribution in [3.63, 3.8) is 0 Å². The summed E-state index contributed by atoms with van der Waals surface area (Å²) in [6, 6.07) is 8.48. The van der Waals surface area contributed by atoms with Crippen LogP contribution in [0, 0.1) is 12.8 Å². The number of hydrogen-bond donors (Lipinski definition) is 1. The maximum absolute atomic E-state index is 11.1. The minimum absolute atomic E-state index is 0.0610. The average Bonchev–Trinajstić information content (AvgIpc) is 2.33. The Morgan fingerprint density at radius 3 is 2.67 bits per heavy atom. The van der Waals surface area contributed by atoms with Gasteiger partial charge in [-0.25, -0.2) is 0 Å². The molecule has 0 saturated carbocycles. The van der Waals surface area contributed by atoms with Crippen molar-refractivity contribution in [3.05, 3.63) is 29.8 Å². The van der Waals surface area contributed by atoms with Crippen molar-refractivity contribution >= 4 is 11.6 Å². The fourth-order valence-electron chi connectivity index (χ4n) is 1.96. The van der Waals surface area contributed by atoms with Crippen molar-refractivity contribution in [2.24, 2.45) is 11.7 Å². The van der Waals surface area contributed by atoms with Gasteiger partial charge in [0, 0.05) is 24.7 Å². The summed E-state index contributed by atoms with van der Waals surface area (Å²) in [6.45, 7) is 8.04. The third-order valence-corrected chi connectivity index (χ3v) is 3.18. The summed E-state index contributed by atoms with van der Waals surface area (Å²) in [4.78, 5) is 13.4. The topological polar surface area (TPSA) is 46.3 Å². The molecule has 0 aliphatic carbocycles. The highest BCUT2D eigenvalue weighted by Gasteiger charge is 2.12. The summed E-state index contributed by atoms with van der Waals surface area (Å²) in [5.74, 6) is -0.273. The fraction of sp³-hybridized carbons (Fsp3) is 0.533. The fourth-order valence-corrected chi connectivity index (χ4v) is 1.96. The van der Waals surface area contributed by atoms with Crippen LogP contribution in [-0.4, -0.2) is 19.0 Å². The summed E-state index contributed by atoms with van der Waals surface area (Å²) in [5, 5.41) is 0. The Balaban J connectivity index is 2.68. The Bertz CT molecular complexity index is 390. The minimum atomic E-state index is -0.212. The highest BCUT2D eigenvalue weighted by atomic mass is 16.1.